The van der Waals surface area contributed by atoms with Crippen LogP contribution in [0.25, 0.3) is 21.8 Å². The Kier molecular flexibility index (Phi) is 14.0. The van der Waals surface area contributed by atoms with E-state index in [1.165, 1.54) is 47.7 Å². The Labute approximate surface area is 387 Å². The minimum absolute atomic E-state index is 0.0292. The van der Waals surface area contributed by atoms with Crippen molar-refractivity contribution in [3.8, 4) is 11.8 Å². The summed E-state index contributed by atoms with van der Waals surface area (Å²) in [5.41, 5.74) is 5.58. The summed E-state index contributed by atoms with van der Waals surface area (Å²) in [6, 6.07) is 25.2. The molecule has 0 spiro atoms. The van der Waals surface area contributed by atoms with E-state index in [2.05, 4.69) is 92.6 Å². The van der Waals surface area contributed by atoms with E-state index in [-0.39, 0.29) is 41.7 Å². The highest BCUT2D eigenvalue weighted by Crippen LogP contribution is 2.34. The van der Waals surface area contributed by atoms with Crippen molar-refractivity contribution in [3.63, 3.8) is 0 Å². The normalized spacial score (nSPS) is 20.0. The van der Waals surface area contributed by atoms with Crippen molar-refractivity contribution in [3.05, 3.63) is 112 Å². The lowest BCUT2D eigenvalue weighted by molar-refractivity contribution is -0.135. The Morgan fingerprint density at radius 2 is 1.59 bits per heavy atom. The number of nitrogens with one attached hydrogen (secondary N) is 2. The molecule has 0 saturated carbocycles. The Morgan fingerprint density at radius 1 is 0.818 bits per heavy atom. The molecule has 1 aromatic heterocycles. The van der Waals surface area contributed by atoms with Gasteiger partial charge in [-0.2, -0.15) is 0 Å². The lowest BCUT2D eigenvalue weighted by Crippen LogP contribution is -2.44. The number of hydrogen-bond acceptors (Lipinski definition) is 7. The predicted molar refractivity (Wildman–Crippen MR) is 258 cm³/mol. The second kappa shape index (κ2) is 20.4. The number of anilines is 1. The molecule has 0 bridgehead atoms. The van der Waals surface area contributed by atoms with Crippen molar-refractivity contribution in [1.29, 1.82) is 0 Å². The van der Waals surface area contributed by atoms with Crippen LogP contribution < -0.4 is 21.2 Å². The van der Waals surface area contributed by atoms with E-state index in [9.17, 15) is 23.6 Å². The van der Waals surface area contributed by atoms with Crippen LogP contribution in [0.1, 0.15) is 106 Å². The van der Waals surface area contributed by atoms with Gasteiger partial charge in [-0.3, -0.25) is 33.7 Å². The maximum atomic E-state index is 13.6. The molecule has 5 heterocycles. The Hall–Kier alpha value is -5.77. The molecule has 4 aromatic carbocycles. The molecule has 12 heteroatoms. The van der Waals surface area contributed by atoms with Gasteiger partial charge in [0.2, 0.25) is 17.7 Å². The average molecular weight is 894 g/mol. The van der Waals surface area contributed by atoms with Crippen LogP contribution in [0.4, 0.5) is 10.1 Å². The molecule has 0 radical (unpaired) electrons. The molecule has 2 N–H and O–H groups in total. The third kappa shape index (κ3) is 10.1. The van der Waals surface area contributed by atoms with E-state index in [0.717, 1.165) is 118 Å². The molecule has 4 saturated heterocycles. The predicted octanol–water partition coefficient (Wildman–Crippen LogP) is 7.85. The number of imide groups is 1. The number of halogens is 1. The number of carbonyl (C=O) groups is 3. The lowest BCUT2D eigenvalue weighted by Gasteiger charge is -2.36. The number of unbranched alkanes of at least 4 members (excludes halogenated alkanes) is 1. The van der Waals surface area contributed by atoms with E-state index in [0.29, 0.717) is 18.9 Å². The molecule has 9 rings (SSSR count). The van der Waals surface area contributed by atoms with Crippen LogP contribution in [-0.4, -0.2) is 82.5 Å². The van der Waals surface area contributed by atoms with Crippen molar-refractivity contribution in [2.75, 3.05) is 50.7 Å². The van der Waals surface area contributed by atoms with Gasteiger partial charge in [-0.1, -0.05) is 67.1 Å². The molecular weight excluding hydrogens is 830 g/mol. The monoisotopic (exact) mass is 894 g/mol. The van der Waals surface area contributed by atoms with Gasteiger partial charge in [0.05, 0.1) is 11.0 Å². The molecule has 4 aliphatic heterocycles. The summed E-state index contributed by atoms with van der Waals surface area (Å²) in [5.74, 6) is 7.46. The van der Waals surface area contributed by atoms with E-state index in [1.807, 2.05) is 12.1 Å². The number of hydrogen-bond donors (Lipinski definition) is 2. The van der Waals surface area contributed by atoms with Gasteiger partial charge in [-0.15, -0.1) is 0 Å². The summed E-state index contributed by atoms with van der Waals surface area (Å²) in [6.07, 6.45) is 10.5. The number of amides is 3. The molecule has 346 valence electrons. The fraction of sp³-hybridized carbons (Fsp3) is 0.481. The van der Waals surface area contributed by atoms with Crippen LogP contribution in [0.5, 0.6) is 0 Å². The van der Waals surface area contributed by atoms with Crippen molar-refractivity contribution < 1.29 is 18.8 Å². The Balaban J connectivity index is 0.699. The molecule has 5 aromatic rings. The first-order valence-electron chi connectivity index (χ1n) is 24.4. The van der Waals surface area contributed by atoms with Gasteiger partial charge in [0.15, 0.2) is 0 Å². The molecule has 0 aliphatic carbocycles. The smallest absolute Gasteiger partial charge is 0.329 e. The number of fused-ring (bicyclic) bond motifs is 2. The number of imidazole rings is 1. The third-order valence-corrected chi connectivity index (χ3v) is 15.1. The van der Waals surface area contributed by atoms with Crippen molar-refractivity contribution in [1.82, 2.24) is 29.6 Å². The van der Waals surface area contributed by atoms with Crippen molar-refractivity contribution >= 4 is 45.2 Å². The van der Waals surface area contributed by atoms with Crippen LogP contribution in [-0.2, 0) is 28.0 Å². The van der Waals surface area contributed by atoms with Gasteiger partial charge in [-0.05, 0) is 155 Å². The van der Waals surface area contributed by atoms with E-state index in [1.54, 1.807) is 22.2 Å². The summed E-state index contributed by atoms with van der Waals surface area (Å²) in [6.45, 7) is 9.69. The number of aromatic nitrogens is 2. The first-order chi connectivity index (χ1) is 32.1. The van der Waals surface area contributed by atoms with Gasteiger partial charge >= 0.3 is 5.69 Å². The highest BCUT2D eigenvalue weighted by Gasteiger charge is 2.32. The summed E-state index contributed by atoms with van der Waals surface area (Å²) >= 11 is 0. The topological polar surface area (TPSA) is 112 Å². The summed E-state index contributed by atoms with van der Waals surface area (Å²) < 4.78 is 16.8. The van der Waals surface area contributed by atoms with Gasteiger partial charge in [0, 0.05) is 62.2 Å². The summed E-state index contributed by atoms with van der Waals surface area (Å²) in [4.78, 5) is 58.1. The SMILES string of the molecule is CC(c1ccc(C#CC2CCN(CCCCC3CCN(c4ccc5c(c4)n(C)c(=O)n5C4CCC(=O)NC4=O)CC3)CC2)c2ccccc12)N1CCC(C(=O)NCc2cccc(F)c2)CC1. The number of benzene rings is 4. The first-order valence-corrected chi connectivity index (χ1v) is 24.4. The second-order valence-corrected chi connectivity index (χ2v) is 19.2. The van der Waals surface area contributed by atoms with Crippen LogP contribution in [0.15, 0.2) is 83.7 Å². The zero-order chi connectivity index (χ0) is 45.7. The molecule has 11 nitrogen and oxygen atoms in total. The molecular formula is C54H64FN7O4. The standard InChI is InChI=1S/C54H64FN7O4/c1-37(60-32-25-42(26-33-60)52(64)56-36-40-9-7-10-43(55)34-40)45-17-15-41(46-11-3-4-12-47(45)46)14-13-39-21-28-59(29-22-39)27-6-5-8-38-23-30-61(31-24-38)44-16-18-48-50(35-44)58(2)54(66)62(48)49-19-20-51(63)57-53(49)65/h3-4,7,9-12,15-18,34-35,37-39,42,49H,5-6,8,19-33,36H2,1-2H3,(H,56,64)(H,57,63,65). The van der Waals surface area contributed by atoms with Gasteiger partial charge in [0.1, 0.15) is 11.9 Å². The summed E-state index contributed by atoms with van der Waals surface area (Å²) in [7, 11) is 1.75. The molecule has 2 unspecified atom stereocenters. The number of likely N-dealkylation sites (tertiary alicyclic amines) is 2. The number of carbonyl (C=O) groups excluding carboxylic acids is 3. The number of aryl methyl sites for hydroxylation is 1. The van der Waals surface area contributed by atoms with Crippen molar-refractivity contribution in [2.45, 2.75) is 96.2 Å². The molecule has 2 atom stereocenters. The highest BCUT2D eigenvalue weighted by molar-refractivity contribution is 6.00. The zero-order valence-electron chi connectivity index (χ0n) is 38.6. The quantitative estimate of drug-likeness (QED) is 0.0746. The maximum absolute atomic E-state index is 13.6. The van der Waals surface area contributed by atoms with E-state index < -0.39 is 11.9 Å². The number of nitrogens with zero attached hydrogens (tertiary/aromatic N) is 5. The van der Waals surface area contributed by atoms with Crippen molar-refractivity contribution in [2.24, 2.45) is 24.8 Å². The zero-order valence-corrected chi connectivity index (χ0v) is 38.6. The molecule has 4 aliphatic rings. The van der Waals surface area contributed by atoms with Crippen LogP contribution in [0, 0.1) is 35.4 Å². The van der Waals surface area contributed by atoms with Gasteiger partial charge in [0.25, 0.3) is 0 Å². The molecule has 3 amide bonds. The fourth-order valence-corrected chi connectivity index (χ4v) is 11.0. The second-order valence-electron chi connectivity index (χ2n) is 19.2. The van der Waals surface area contributed by atoms with E-state index in [4.69, 9.17) is 0 Å². The fourth-order valence-electron chi connectivity index (χ4n) is 11.0. The largest absolute Gasteiger partial charge is 0.371 e. The number of piperidine rings is 4. The Morgan fingerprint density at radius 3 is 2.35 bits per heavy atom. The molecule has 66 heavy (non-hydrogen) atoms. The average Bonchev–Trinajstić information content (AvgIpc) is 3.59. The minimum Gasteiger partial charge on any atom is -0.371 e. The molecule has 4 fully saturated rings. The minimum atomic E-state index is -0.673. The summed E-state index contributed by atoms with van der Waals surface area (Å²) in [5, 5.41) is 7.87. The highest BCUT2D eigenvalue weighted by atomic mass is 19.1. The van der Waals surface area contributed by atoms with E-state index >= 15 is 0 Å². The lowest BCUT2D eigenvalue weighted by atomic mass is 9.91. The van der Waals surface area contributed by atoms with Gasteiger partial charge < -0.3 is 15.1 Å². The van der Waals surface area contributed by atoms with Crippen LogP contribution >= 0.6 is 0 Å². The Bertz CT molecular complexity index is 2690. The van der Waals surface area contributed by atoms with Gasteiger partial charge in [-0.25, -0.2) is 9.18 Å². The first kappa shape index (κ1) is 45.4. The maximum Gasteiger partial charge on any atom is 0.329 e. The van der Waals surface area contributed by atoms with Crippen LogP contribution in [0.3, 0.4) is 0 Å². The van der Waals surface area contributed by atoms with Crippen LogP contribution in [0.2, 0.25) is 0 Å². The third-order valence-electron chi connectivity index (χ3n) is 15.1. The number of rotatable bonds is 12.